The molecule has 8 nitrogen and oxygen atoms in total. The maximum atomic E-state index is 12.7. The number of likely N-dealkylation sites (tertiary alicyclic amines) is 1. The highest BCUT2D eigenvalue weighted by Crippen LogP contribution is 2.26. The molecule has 8 heteroatoms. The lowest BCUT2D eigenvalue weighted by Crippen LogP contribution is -2.40. The fourth-order valence-corrected chi connectivity index (χ4v) is 4.11. The fraction of sp³-hybridized carbons (Fsp3) is 0.700. The lowest BCUT2D eigenvalue weighted by molar-refractivity contribution is 0.0661. The second-order valence-electron chi connectivity index (χ2n) is 7.79. The summed E-state index contributed by atoms with van der Waals surface area (Å²) in [6.45, 7) is 5.92. The molecule has 152 valence electrons. The van der Waals surface area contributed by atoms with Crippen molar-refractivity contribution in [3.8, 4) is 0 Å². The second-order valence-corrected chi connectivity index (χ2v) is 7.79. The average Bonchev–Trinajstić information content (AvgIpc) is 3.42. The van der Waals surface area contributed by atoms with Crippen molar-refractivity contribution < 1.29 is 14.1 Å². The minimum absolute atomic E-state index is 0.0401. The Labute approximate surface area is 165 Å². The molecule has 0 spiro atoms. The van der Waals surface area contributed by atoms with Crippen LogP contribution in [0.15, 0.2) is 16.8 Å². The number of piperidine rings is 1. The molecule has 0 radical (unpaired) electrons. The Balaban J connectivity index is 1.29. The van der Waals surface area contributed by atoms with Crippen molar-refractivity contribution in [2.45, 2.75) is 57.9 Å². The van der Waals surface area contributed by atoms with Crippen LogP contribution in [0.4, 0.5) is 0 Å². The van der Waals surface area contributed by atoms with Crippen LogP contribution in [0.5, 0.6) is 0 Å². The van der Waals surface area contributed by atoms with E-state index in [1.54, 1.807) is 4.68 Å². The van der Waals surface area contributed by atoms with Gasteiger partial charge in [0.25, 0.3) is 5.91 Å². The number of aryl methyl sites for hydroxylation is 2. The number of carbonyl (C=O) groups is 1. The summed E-state index contributed by atoms with van der Waals surface area (Å²) in [6.07, 6.45) is 7.71. The largest absolute Gasteiger partial charge is 0.381 e. The summed E-state index contributed by atoms with van der Waals surface area (Å²) in [4.78, 5) is 19.3. The molecule has 2 aromatic heterocycles. The van der Waals surface area contributed by atoms with Crippen LogP contribution in [0.2, 0.25) is 0 Å². The first-order valence-corrected chi connectivity index (χ1v) is 10.5. The van der Waals surface area contributed by atoms with Crippen LogP contribution in [0.25, 0.3) is 0 Å². The van der Waals surface area contributed by atoms with Crippen molar-refractivity contribution in [1.29, 1.82) is 0 Å². The molecule has 4 rings (SSSR count). The highest BCUT2D eigenvalue weighted by molar-refractivity contribution is 5.92. The molecule has 2 saturated heterocycles. The molecular formula is C20H29N5O3. The molecule has 1 amide bonds. The van der Waals surface area contributed by atoms with Crippen molar-refractivity contribution in [1.82, 2.24) is 24.8 Å². The van der Waals surface area contributed by atoms with Crippen molar-refractivity contribution >= 4 is 5.91 Å². The van der Waals surface area contributed by atoms with E-state index in [0.29, 0.717) is 17.5 Å². The van der Waals surface area contributed by atoms with Crippen molar-refractivity contribution in [3.05, 3.63) is 29.7 Å². The van der Waals surface area contributed by atoms with Crippen LogP contribution in [0.1, 0.15) is 67.1 Å². The number of amides is 1. The van der Waals surface area contributed by atoms with Crippen LogP contribution in [-0.2, 0) is 17.7 Å². The minimum atomic E-state index is 0.0401. The Bertz CT molecular complexity index is 780. The van der Waals surface area contributed by atoms with E-state index in [9.17, 15) is 4.79 Å². The van der Waals surface area contributed by atoms with Gasteiger partial charge >= 0.3 is 0 Å². The number of hydrogen-bond acceptors (Lipinski definition) is 6. The van der Waals surface area contributed by atoms with Gasteiger partial charge in [-0.05, 0) is 51.0 Å². The van der Waals surface area contributed by atoms with Gasteiger partial charge in [-0.25, -0.2) is 0 Å². The van der Waals surface area contributed by atoms with Gasteiger partial charge in [0, 0.05) is 51.4 Å². The van der Waals surface area contributed by atoms with Crippen LogP contribution in [0, 0.1) is 5.92 Å². The molecule has 0 N–H and O–H groups in total. The van der Waals surface area contributed by atoms with E-state index < -0.39 is 0 Å². The highest BCUT2D eigenvalue weighted by Gasteiger charge is 2.27. The number of nitrogens with zero attached hydrogens (tertiary/aromatic N) is 5. The Morgan fingerprint density at radius 1 is 1.29 bits per heavy atom. The zero-order valence-corrected chi connectivity index (χ0v) is 16.5. The first-order valence-electron chi connectivity index (χ1n) is 10.5. The second kappa shape index (κ2) is 8.86. The van der Waals surface area contributed by atoms with E-state index >= 15 is 0 Å². The molecule has 0 aromatic carbocycles. The normalized spacial score (nSPS) is 21.2. The molecule has 28 heavy (non-hydrogen) atoms. The SMILES string of the molecule is CCn1ccc(C(=O)N2CCCC(CCc3noc(C4CCOCC4)n3)C2)n1. The van der Waals surface area contributed by atoms with Gasteiger partial charge in [0.15, 0.2) is 5.82 Å². The quantitative estimate of drug-likeness (QED) is 0.757. The standard InChI is InChI=1S/C20H29N5O3/c1-2-25-11-7-17(22-25)20(26)24-10-3-4-15(14-24)5-6-18-21-19(28-23-18)16-8-12-27-13-9-16/h7,11,15-16H,2-6,8-10,12-14H2,1H3. The van der Waals surface area contributed by atoms with Gasteiger partial charge in [-0.2, -0.15) is 10.1 Å². The molecule has 2 aliphatic rings. The maximum absolute atomic E-state index is 12.7. The molecule has 2 fully saturated rings. The molecule has 4 heterocycles. The Morgan fingerprint density at radius 2 is 2.14 bits per heavy atom. The zero-order valence-electron chi connectivity index (χ0n) is 16.5. The van der Waals surface area contributed by atoms with Crippen LogP contribution in [0.3, 0.4) is 0 Å². The number of hydrogen-bond donors (Lipinski definition) is 0. The van der Waals surface area contributed by atoms with Gasteiger partial charge < -0.3 is 14.2 Å². The minimum Gasteiger partial charge on any atom is -0.381 e. The number of rotatable bonds is 6. The third-order valence-electron chi connectivity index (χ3n) is 5.82. The monoisotopic (exact) mass is 387 g/mol. The van der Waals surface area contributed by atoms with Crippen molar-refractivity contribution in [2.24, 2.45) is 5.92 Å². The van der Waals surface area contributed by atoms with Gasteiger partial charge in [0.2, 0.25) is 5.89 Å². The van der Waals surface area contributed by atoms with Gasteiger partial charge in [0.1, 0.15) is 5.69 Å². The summed E-state index contributed by atoms with van der Waals surface area (Å²) in [5.41, 5.74) is 0.543. The smallest absolute Gasteiger partial charge is 0.274 e. The van der Waals surface area contributed by atoms with Crippen LogP contribution < -0.4 is 0 Å². The average molecular weight is 387 g/mol. The molecule has 2 aromatic rings. The summed E-state index contributed by atoms with van der Waals surface area (Å²) in [6, 6.07) is 1.81. The first-order chi connectivity index (χ1) is 13.7. The third kappa shape index (κ3) is 4.43. The first kappa shape index (κ1) is 19.1. The van der Waals surface area contributed by atoms with E-state index in [-0.39, 0.29) is 5.91 Å². The maximum Gasteiger partial charge on any atom is 0.274 e. The molecule has 1 unspecified atom stereocenters. The Kier molecular flexibility index (Phi) is 6.04. The van der Waals surface area contributed by atoms with Crippen molar-refractivity contribution in [2.75, 3.05) is 26.3 Å². The van der Waals surface area contributed by atoms with E-state index in [4.69, 9.17) is 9.26 Å². The molecular weight excluding hydrogens is 358 g/mol. The Hall–Kier alpha value is -2.22. The van der Waals surface area contributed by atoms with E-state index in [1.807, 2.05) is 24.1 Å². The predicted molar refractivity (Wildman–Crippen MR) is 102 cm³/mol. The number of ether oxygens (including phenoxy) is 1. The topological polar surface area (TPSA) is 86.3 Å². The lowest BCUT2D eigenvalue weighted by Gasteiger charge is -2.32. The van der Waals surface area contributed by atoms with E-state index in [2.05, 4.69) is 15.2 Å². The zero-order chi connectivity index (χ0) is 19.3. The highest BCUT2D eigenvalue weighted by atomic mass is 16.5. The number of carbonyl (C=O) groups excluding carboxylic acids is 1. The summed E-state index contributed by atoms with van der Waals surface area (Å²) < 4.78 is 12.7. The predicted octanol–water partition coefficient (Wildman–Crippen LogP) is 2.67. The van der Waals surface area contributed by atoms with Gasteiger partial charge in [-0.1, -0.05) is 5.16 Å². The van der Waals surface area contributed by atoms with E-state index in [0.717, 1.165) is 83.1 Å². The molecule has 0 saturated carbocycles. The van der Waals surface area contributed by atoms with Gasteiger partial charge in [0.05, 0.1) is 0 Å². The van der Waals surface area contributed by atoms with Crippen LogP contribution in [-0.4, -0.2) is 57.0 Å². The Morgan fingerprint density at radius 3 is 2.93 bits per heavy atom. The summed E-state index contributed by atoms with van der Waals surface area (Å²) in [7, 11) is 0. The lowest BCUT2D eigenvalue weighted by atomic mass is 9.93. The summed E-state index contributed by atoms with van der Waals surface area (Å²) >= 11 is 0. The number of aromatic nitrogens is 4. The summed E-state index contributed by atoms with van der Waals surface area (Å²) in [5, 5.41) is 8.52. The molecule has 0 aliphatic carbocycles. The van der Waals surface area contributed by atoms with Gasteiger partial charge in [-0.15, -0.1) is 0 Å². The van der Waals surface area contributed by atoms with Crippen molar-refractivity contribution in [3.63, 3.8) is 0 Å². The third-order valence-corrected chi connectivity index (χ3v) is 5.82. The molecule has 2 aliphatic heterocycles. The molecule has 0 bridgehead atoms. The van der Waals surface area contributed by atoms with Crippen LogP contribution >= 0.6 is 0 Å². The fourth-order valence-electron chi connectivity index (χ4n) is 4.11. The molecule has 1 atom stereocenters. The summed E-state index contributed by atoms with van der Waals surface area (Å²) in [5.74, 6) is 2.38. The van der Waals surface area contributed by atoms with E-state index in [1.165, 1.54) is 0 Å². The van der Waals surface area contributed by atoms with Gasteiger partial charge in [-0.3, -0.25) is 9.48 Å².